The maximum Gasteiger partial charge on any atom is 0.255 e. The molecule has 0 aliphatic rings. The first-order chi connectivity index (χ1) is 8.59. The molecule has 4 heteroatoms. The molecule has 0 radical (unpaired) electrons. The van der Waals surface area contributed by atoms with E-state index in [0.29, 0.717) is 5.56 Å². The number of nitrogens with one attached hydrogen (secondary N) is 1. The zero-order valence-corrected chi connectivity index (χ0v) is 13.4. The Bertz CT molecular complexity index is 598. The molecule has 0 fully saturated rings. The monoisotopic (exact) mass is 415 g/mol. The summed E-state index contributed by atoms with van der Waals surface area (Å²) < 4.78 is 1.97. The number of carbonyl (C=O) groups is 1. The second-order valence-corrected chi connectivity index (χ2v) is 5.86. The summed E-state index contributed by atoms with van der Waals surface area (Å²) >= 11 is 5.64. The minimum atomic E-state index is -0.0853. The van der Waals surface area contributed by atoms with Crippen molar-refractivity contribution in [2.75, 3.05) is 5.32 Å². The van der Waals surface area contributed by atoms with E-state index in [-0.39, 0.29) is 5.91 Å². The molecule has 0 atom stereocenters. The summed E-state index contributed by atoms with van der Waals surface area (Å²) in [6.07, 6.45) is 0. The predicted molar refractivity (Wildman–Crippen MR) is 86.0 cm³/mol. The lowest BCUT2D eigenvalue weighted by molar-refractivity contribution is 0.102. The number of amides is 1. The summed E-state index contributed by atoms with van der Waals surface area (Å²) in [6.45, 7) is 1.93. The van der Waals surface area contributed by atoms with Gasteiger partial charge in [0.15, 0.2) is 0 Å². The quantitative estimate of drug-likeness (QED) is 0.712. The molecule has 0 aliphatic heterocycles. The highest BCUT2D eigenvalue weighted by Crippen LogP contribution is 2.22. The molecule has 2 nitrogen and oxygen atoms in total. The maximum atomic E-state index is 12.2. The smallest absolute Gasteiger partial charge is 0.255 e. The van der Waals surface area contributed by atoms with Gasteiger partial charge < -0.3 is 5.32 Å². The SMILES string of the molecule is Cc1c(Br)cccc1C(=O)Nc1ccccc1I. The van der Waals surface area contributed by atoms with Gasteiger partial charge in [0.2, 0.25) is 0 Å². The normalized spacial score (nSPS) is 10.2. The van der Waals surface area contributed by atoms with Gasteiger partial charge in [0.05, 0.1) is 5.69 Å². The largest absolute Gasteiger partial charge is 0.321 e. The number of halogens is 2. The molecule has 0 spiro atoms. The molecule has 0 bridgehead atoms. The van der Waals surface area contributed by atoms with Gasteiger partial charge in [-0.15, -0.1) is 0 Å². The second kappa shape index (κ2) is 5.84. The molecule has 0 heterocycles. The summed E-state index contributed by atoms with van der Waals surface area (Å²) in [7, 11) is 0. The molecule has 92 valence electrons. The van der Waals surface area contributed by atoms with Gasteiger partial charge in [-0.05, 0) is 59.3 Å². The van der Waals surface area contributed by atoms with Crippen molar-refractivity contribution in [1.29, 1.82) is 0 Å². The molecule has 0 unspecified atom stereocenters. The first-order valence-electron chi connectivity index (χ1n) is 5.40. The van der Waals surface area contributed by atoms with Crippen LogP contribution in [0.25, 0.3) is 0 Å². The zero-order chi connectivity index (χ0) is 13.1. The van der Waals surface area contributed by atoms with E-state index in [1.807, 2.05) is 49.4 Å². The van der Waals surface area contributed by atoms with Gasteiger partial charge >= 0.3 is 0 Å². The minimum Gasteiger partial charge on any atom is -0.321 e. The van der Waals surface area contributed by atoms with E-state index in [0.717, 1.165) is 19.3 Å². The Hall–Kier alpha value is -0.880. The molecule has 18 heavy (non-hydrogen) atoms. The molecule has 2 aromatic rings. The van der Waals surface area contributed by atoms with Crippen molar-refractivity contribution in [1.82, 2.24) is 0 Å². The Morgan fingerprint density at radius 2 is 1.89 bits per heavy atom. The van der Waals surface area contributed by atoms with Crippen molar-refractivity contribution in [2.45, 2.75) is 6.92 Å². The fraction of sp³-hybridized carbons (Fsp3) is 0.0714. The lowest BCUT2D eigenvalue weighted by atomic mass is 10.1. The Morgan fingerprint density at radius 3 is 2.61 bits per heavy atom. The van der Waals surface area contributed by atoms with Crippen molar-refractivity contribution in [2.24, 2.45) is 0 Å². The Morgan fingerprint density at radius 1 is 1.17 bits per heavy atom. The van der Waals surface area contributed by atoms with E-state index < -0.39 is 0 Å². The minimum absolute atomic E-state index is 0.0853. The van der Waals surface area contributed by atoms with E-state index >= 15 is 0 Å². The number of rotatable bonds is 2. The van der Waals surface area contributed by atoms with Gasteiger partial charge in [-0.3, -0.25) is 4.79 Å². The van der Waals surface area contributed by atoms with Gasteiger partial charge in [-0.2, -0.15) is 0 Å². The highest BCUT2D eigenvalue weighted by Gasteiger charge is 2.11. The van der Waals surface area contributed by atoms with Crippen molar-refractivity contribution < 1.29 is 4.79 Å². The van der Waals surface area contributed by atoms with Crippen LogP contribution in [0.4, 0.5) is 5.69 Å². The van der Waals surface area contributed by atoms with Crippen molar-refractivity contribution in [3.05, 3.63) is 61.6 Å². The summed E-state index contributed by atoms with van der Waals surface area (Å²) in [5.74, 6) is -0.0853. The van der Waals surface area contributed by atoms with Gasteiger partial charge in [-0.1, -0.05) is 34.1 Å². The number of hydrogen-bond acceptors (Lipinski definition) is 1. The van der Waals surface area contributed by atoms with E-state index in [2.05, 4.69) is 43.8 Å². The molecule has 0 aromatic heterocycles. The molecule has 1 N–H and O–H groups in total. The number of carbonyl (C=O) groups excluding carboxylic acids is 1. The molecule has 0 aliphatic carbocycles. The highest BCUT2D eigenvalue weighted by atomic mass is 127. The first-order valence-corrected chi connectivity index (χ1v) is 7.28. The van der Waals surface area contributed by atoms with E-state index in [1.54, 1.807) is 0 Å². The maximum absolute atomic E-state index is 12.2. The van der Waals surface area contributed by atoms with Gasteiger partial charge in [-0.25, -0.2) is 0 Å². The number of benzene rings is 2. The van der Waals surface area contributed by atoms with Gasteiger partial charge in [0, 0.05) is 13.6 Å². The average molecular weight is 416 g/mol. The number of para-hydroxylation sites is 1. The summed E-state index contributed by atoms with van der Waals surface area (Å²) in [4.78, 5) is 12.2. The van der Waals surface area contributed by atoms with Crippen LogP contribution >= 0.6 is 38.5 Å². The average Bonchev–Trinajstić information content (AvgIpc) is 2.35. The predicted octanol–water partition coefficient (Wildman–Crippen LogP) is 4.61. The van der Waals surface area contributed by atoms with Crippen molar-refractivity contribution in [3.8, 4) is 0 Å². The number of hydrogen-bond donors (Lipinski definition) is 1. The van der Waals surface area contributed by atoms with Crippen LogP contribution in [0.2, 0.25) is 0 Å². The van der Waals surface area contributed by atoms with Gasteiger partial charge in [0.1, 0.15) is 0 Å². The van der Waals surface area contributed by atoms with E-state index in [4.69, 9.17) is 0 Å². The molecule has 2 aromatic carbocycles. The van der Waals surface area contributed by atoms with Crippen LogP contribution in [-0.2, 0) is 0 Å². The fourth-order valence-corrected chi connectivity index (χ4v) is 2.49. The second-order valence-electron chi connectivity index (χ2n) is 3.85. The molecule has 2 rings (SSSR count). The Kier molecular flexibility index (Phi) is 4.40. The zero-order valence-electron chi connectivity index (χ0n) is 9.71. The van der Waals surface area contributed by atoms with Gasteiger partial charge in [0.25, 0.3) is 5.91 Å². The lowest BCUT2D eigenvalue weighted by Crippen LogP contribution is -2.14. The molecular weight excluding hydrogens is 405 g/mol. The lowest BCUT2D eigenvalue weighted by Gasteiger charge is -2.10. The highest BCUT2D eigenvalue weighted by molar-refractivity contribution is 14.1. The van der Waals surface area contributed by atoms with Crippen LogP contribution in [0.5, 0.6) is 0 Å². The molecular formula is C14H11BrINO. The standard InChI is InChI=1S/C14H11BrINO/c1-9-10(5-4-6-11(9)15)14(18)17-13-8-3-2-7-12(13)16/h2-8H,1H3,(H,17,18). The Labute approximate surface area is 128 Å². The summed E-state index contributed by atoms with van der Waals surface area (Å²) in [5, 5.41) is 2.93. The summed E-state index contributed by atoms with van der Waals surface area (Å²) in [6, 6.07) is 13.3. The van der Waals surface area contributed by atoms with Crippen LogP contribution in [0, 0.1) is 10.5 Å². The fourth-order valence-electron chi connectivity index (χ4n) is 1.61. The molecule has 0 saturated carbocycles. The van der Waals surface area contributed by atoms with Crippen LogP contribution < -0.4 is 5.32 Å². The van der Waals surface area contributed by atoms with E-state index in [9.17, 15) is 4.79 Å². The number of anilines is 1. The first kappa shape index (κ1) is 13.5. The third-order valence-corrected chi connectivity index (χ3v) is 4.43. The van der Waals surface area contributed by atoms with Crippen LogP contribution in [0.15, 0.2) is 46.9 Å². The van der Waals surface area contributed by atoms with E-state index in [1.165, 1.54) is 0 Å². The third kappa shape index (κ3) is 2.92. The van der Waals surface area contributed by atoms with Crippen LogP contribution in [-0.4, -0.2) is 5.91 Å². The third-order valence-electron chi connectivity index (χ3n) is 2.63. The summed E-state index contributed by atoms with van der Waals surface area (Å²) in [5.41, 5.74) is 2.47. The molecule has 0 saturated heterocycles. The topological polar surface area (TPSA) is 29.1 Å². The van der Waals surface area contributed by atoms with Crippen LogP contribution in [0.3, 0.4) is 0 Å². The van der Waals surface area contributed by atoms with Crippen molar-refractivity contribution in [3.63, 3.8) is 0 Å². The van der Waals surface area contributed by atoms with Crippen LogP contribution in [0.1, 0.15) is 15.9 Å². The molecule has 1 amide bonds. The Balaban J connectivity index is 2.28. The van der Waals surface area contributed by atoms with Crippen molar-refractivity contribution >= 4 is 50.1 Å².